The molecular formula is C18H29N7O2S. The molecule has 9 nitrogen and oxygen atoms in total. The molecule has 154 valence electrons. The molecule has 1 aliphatic rings. The predicted octanol–water partition coefficient (Wildman–Crippen LogP) is 0.658. The highest BCUT2D eigenvalue weighted by atomic mass is 32.2. The summed E-state index contributed by atoms with van der Waals surface area (Å²) in [5.41, 5.74) is 0. The molecule has 2 aromatic rings. The maximum atomic E-state index is 12.3. The van der Waals surface area contributed by atoms with E-state index in [4.69, 9.17) is 0 Å². The van der Waals surface area contributed by atoms with Gasteiger partial charge in [0.25, 0.3) is 0 Å². The number of aromatic nitrogens is 3. The van der Waals surface area contributed by atoms with Crippen molar-refractivity contribution in [2.75, 3.05) is 33.2 Å². The number of nitrogens with one attached hydrogen (secondary N) is 2. The zero-order chi connectivity index (χ0) is 20.1. The first-order valence-electron chi connectivity index (χ1n) is 9.45. The van der Waals surface area contributed by atoms with E-state index in [1.165, 1.54) is 0 Å². The minimum atomic E-state index is -3.49. The minimum absolute atomic E-state index is 0.271. The van der Waals surface area contributed by atoms with Crippen LogP contribution in [0.5, 0.6) is 0 Å². The maximum absolute atomic E-state index is 12.3. The fourth-order valence-corrected chi connectivity index (χ4v) is 4.59. The van der Waals surface area contributed by atoms with Crippen molar-refractivity contribution >= 4 is 16.0 Å². The van der Waals surface area contributed by atoms with Crippen LogP contribution in [0.3, 0.4) is 0 Å². The summed E-state index contributed by atoms with van der Waals surface area (Å²) in [6.45, 7) is 4.76. The molecule has 1 saturated heterocycles. The Morgan fingerprint density at radius 3 is 2.82 bits per heavy atom. The Bertz CT molecular complexity index is 889. The smallest absolute Gasteiger partial charge is 0.242 e. The molecule has 2 aromatic heterocycles. The molecule has 1 fully saturated rings. The van der Waals surface area contributed by atoms with Gasteiger partial charge in [0, 0.05) is 65.1 Å². The van der Waals surface area contributed by atoms with Gasteiger partial charge in [0.2, 0.25) is 10.0 Å². The van der Waals surface area contributed by atoms with Gasteiger partial charge in [-0.05, 0) is 18.4 Å². The topological polar surface area (TPSA) is 96.5 Å². The van der Waals surface area contributed by atoms with Gasteiger partial charge in [-0.2, -0.15) is 0 Å². The Morgan fingerprint density at radius 1 is 1.36 bits per heavy atom. The van der Waals surface area contributed by atoms with E-state index in [2.05, 4.69) is 36.4 Å². The number of piperidine rings is 1. The van der Waals surface area contributed by atoms with Gasteiger partial charge in [-0.25, -0.2) is 18.1 Å². The number of guanidine groups is 1. The zero-order valence-corrected chi connectivity index (χ0v) is 17.4. The van der Waals surface area contributed by atoms with Gasteiger partial charge in [-0.3, -0.25) is 4.99 Å². The number of hydrogen-bond acceptors (Lipinski definition) is 4. The molecule has 0 radical (unpaired) electrons. The first-order valence-corrected chi connectivity index (χ1v) is 10.9. The fraction of sp³-hybridized carbons (Fsp3) is 0.556. The molecule has 1 aliphatic heterocycles. The molecule has 0 saturated carbocycles. The van der Waals surface area contributed by atoms with Crippen molar-refractivity contribution in [3.8, 4) is 0 Å². The van der Waals surface area contributed by atoms with Gasteiger partial charge in [-0.1, -0.05) is 6.92 Å². The second-order valence-electron chi connectivity index (χ2n) is 7.17. The van der Waals surface area contributed by atoms with E-state index >= 15 is 0 Å². The van der Waals surface area contributed by atoms with Crippen LogP contribution in [-0.4, -0.2) is 66.6 Å². The van der Waals surface area contributed by atoms with E-state index in [0.717, 1.165) is 25.5 Å². The van der Waals surface area contributed by atoms with Crippen molar-refractivity contribution in [3.05, 3.63) is 37.2 Å². The van der Waals surface area contributed by atoms with Gasteiger partial charge < -0.3 is 19.4 Å². The van der Waals surface area contributed by atoms with E-state index in [1.807, 2.05) is 12.5 Å². The second kappa shape index (κ2) is 8.78. The Kier molecular flexibility index (Phi) is 6.40. The first-order chi connectivity index (χ1) is 13.4. The van der Waals surface area contributed by atoms with Crippen molar-refractivity contribution in [2.45, 2.75) is 24.3 Å². The van der Waals surface area contributed by atoms with Gasteiger partial charge >= 0.3 is 0 Å². The number of sulfonamides is 1. The molecule has 10 heteroatoms. The van der Waals surface area contributed by atoms with Gasteiger partial charge in [-0.15, -0.1) is 0 Å². The fourth-order valence-electron chi connectivity index (χ4n) is 3.51. The number of aryl methyl sites for hydroxylation is 1. The Balaban J connectivity index is 1.52. The van der Waals surface area contributed by atoms with Gasteiger partial charge in [0.1, 0.15) is 0 Å². The third kappa shape index (κ3) is 4.74. The lowest BCUT2D eigenvalue weighted by Crippen LogP contribution is -2.50. The summed E-state index contributed by atoms with van der Waals surface area (Å²) in [5.74, 6) is 1.34. The van der Waals surface area contributed by atoms with E-state index in [0.29, 0.717) is 18.5 Å². The largest absolute Gasteiger partial charge is 0.356 e. The summed E-state index contributed by atoms with van der Waals surface area (Å²) in [6, 6.07) is 1.92. The first kappa shape index (κ1) is 20.4. The van der Waals surface area contributed by atoms with Crippen molar-refractivity contribution in [1.82, 2.24) is 29.1 Å². The highest BCUT2D eigenvalue weighted by molar-refractivity contribution is 7.89. The SMILES string of the molecule is CN=C(NCCNS(=O)(=O)c1ccn(C)c1)N1CCC(C)C(n2ccnc2)C1. The van der Waals surface area contributed by atoms with E-state index in [1.54, 1.807) is 43.3 Å². The Hall–Kier alpha value is -2.33. The summed E-state index contributed by atoms with van der Waals surface area (Å²) in [5, 5.41) is 3.27. The van der Waals surface area contributed by atoms with Crippen molar-refractivity contribution in [1.29, 1.82) is 0 Å². The van der Waals surface area contributed by atoms with Crippen LogP contribution in [-0.2, 0) is 17.1 Å². The van der Waals surface area contributed by atoms with Crippen LogP contribution in [0.25, 0.3) is 0 Å². The molecular weight excluding hydrogens is 378 g/mol. The zero-order valence-electron chi connectivity index (χ0n) is 16.6. The maximum Gasteiger partial charge on any atom is 0.242 e. The summed E-state index contributed by atoms with van der Waals surface area (Å²) >= 11 is 0. The third-order valence-corrected chi connectivity index (χ3v) is 6.60. The quantitative estimate of drug-likeness (QED) is 0.417. The number of aliphatic imine (C=N–C) groups is 1. The predicted molar refractivity (Wildman–Crippen MR) is 109 cm³/mol. The van der Waals surface area contributed by atoms with Crippen molar-refractivity contribution in [3.63, 3.8) is 0 Å². The molecule has 3 rings (SSSR count). The minimum Gasteiger partial charge on any atom is -0.356 e. The highest BCUT2D eigenvalue weighted by Crippen LogP contribution is 2.27. The van der Waals surface area contributed by atoms with Gasteiger partial charge in [0.05, 0.1) is 17.3 Å². The molecule has 3 heterocycles. The monoisotopic (exact) mass is 407 g/mol. The lowest BCUT2D eigenvalue weighted by Gasteiger charge is -2.39. The Labute approximate surface area is 166 Å². The third-order valence-electron chi connectivity index (χ3n) is 5.15. The molecule has 2 N–H and O–H groups in total. The van der Waals surface area contributed by atoms with Crippen molar-refractivity contribution < 1.29 is 8.42 Å². The number of nitrogens with zero attached hydrogens (tertiary/aromatic N) is 5. The highest BCUT2D eigenvalue weighted by Gasteiger charge is 2.28. The van der Waals surface area contributed by atoms with Crippen LogP contribution in [0.15, 0.2) is 47.1 Å². The molecule has 0 bridgehead atoms. The van der Waals surface area contributed by atoms with Crippen LogP contribution >= 0.6 is 0 Å². The lowest BCUT2D eigenvalue weighted by molar-refractivity contribution is 0.189. The van der Waals surface area contributed by atoms with Crippen LogP contribution in [0.4, 0.5) is 0 Å². The molecule has 2 unspecified atom stereocenters. The average molecular weight is 408 g/mol. The van der Waals surface area contributed by atoms with Crippen LogP contribution in [0.2, 0.25) is 0 Å². The molecule has 2 atom stereocenters. The van der Waals surface area contributed by atoms with E-state index < -0.39 is 10.0 Å². The number of hydrogen-bond donors (Lipinski definition) is 2. The van der Waals surface area contributed by atoms with E-state index in [-0.39, 0.29) is 11.4 Å². The second-order valence-corrected chi connectivity index (χ2v) is 8.94. The lowest BCUT2D eigenvalue weighted by atomic mass is 9.93. The standard InChI is InChI=1S/C18H29N7O2S/c1-15-4-10-24(13-17(15)25-11-8-20-14-25)18(19-2)21-6-7-22-28(26,27)16-5-9-23(3)12-16/h5,8-9,11-12,14-15,17,22H,4,6-7,10,13H2,1-3H3,(H,19,21). The van der Waals surface area contributed by atoms with Crippen LogP contribution in [0.1, 0.15) is 19.4 Å². The number of rotatable bonds is 6. The molecule has 0 amide bonds. The summed E-state index contributed by atoms with van der Waals surface area (Å²) in [7, 11) is 0.0542. The summed E-state index contributed by atoms with van der Waals surface area (Å²) < 4.78 is 31.0. The van der Waals surface area contributed by atoms with Crippen LogP contribution < -0.4 is 10.0 Å². The molecule has 28 heavy (non-hydrogen) atoms. The van der Waals surface area contributed by atoms with Crippen molar-refractivity contribution in [2.24, 2.45) is 18.0 Å². The molecule has 0 aliphatic carbocycles. The molecule has 0 aromatic carbocycles. The van der Waals surface area contributed by atoms with Crippen LogP contribution in [0, 0.1) is 5.92 Å². The summed E-state index contributed by atoms with van der Waals surface area (Å²) in [6.07, 6.45) is 10.0. The number of imidazole rings is 1. The normalized spacial score (nSPS) is 21.1. The number of likely N-dealkylation sites (tertiary alicyclic amines) is 1. The molecule has 0 spiro atoms. The van der Waals surface area contributed by atoms with E-state index in [9.17, 15) is 8.42 Å². The average Bonchev–Trinajstić information content (AvgIpc) is 3.34. The Morgan fingerprint density at radius 2 is 2.18 bits per heavy atom. The van der Waals surface area contributed by atoms with Gasteiger partial charge in [0.15, 0.2) is 5.96 Å². The summed E-state index contributed by atoms with van der Waals surface area (Å²) in [4.78, 5) is 11.0.